The molecule has 0 spiro atoms. The van der Waals surface area contributed by atoms with Crippen molar-refractivity contribution in [3.05, 3.63) is 29.8 Å². The van der Waals surface area contributed by atoms with E-state index in [1.165, 1.54) is 12.8 Å². The summed E-state index contributed by atoms with van der Waals surface area (Å²) in [6, 6.07) is 4.83. The van der Waals surface area contributed by atoms with Gasteiger partial charge in [-0.3, -0.25) is 52.7 Å². The molecular weight excluding hydrogens is 1210 g/mol. The van der Waals surface area contributed by atoms with Gasteiger partial charge in [-0.15, -0.1) is 0 Å². The normalized spacial score (nSPS) is 12.4. The molecule has 27 heteroatoms. The van der Waals surface area contributed by atoms with Gasteiger partial charge < -0.3 is 71.7 Å². The molecule has 0 saturated carbocycles. The van der Waals surface area contributed by atoms with Gasteiger partial charge in [0, 0.05) is 88.9 Å². The molecule has 0 aliphatic rings. The molecule has 0 aliphatic heterocycles. The Morgan fingerprint density at radius 3 is 1.49 bits per heavy atom. The van der Waals surface area contributed by atoms with E-state index in [-0.39, 0.29) is 128 Å². The predicted molar refractivity (Wildman–Crippen MR) is 343 cm³/mol. The monoisotopic (exact) mass is 1320 g/mol. The number of carboxylic acids is 4. The van der Waals surface area contributed by atoms with Crippen LogP contribution in [0.2, 0.25) is 0 Å². The Balaban J connectivity index is 2.15. The van der Waals surface area contributed by atoms with E-state index >= 15 is 0 Å². The third-order valence-electron chi connectivity index (χ3n) is 15.2. The molecule has 1 aromatic carbocycles. The number of nitrogens with one attached hydrogen (secondary N) is 5. The Labute approximate surface area is 546 Å². The van der Waals surface area contributed by atoms with Gasteiger partial charge in [-0.1, -0.05) is 90.4 Å². The van der Waals surface area contributed by atoms with E-state index < -0.39 is 102 Å². The lowest BCUT2D eigenvalue weighted by Gasteiger charge is -2.16. The maximum atomic E-state index is 12.7. The first-order chi connectivity index (χ1) is 44.6. The van der Waals surface area contributed by atoms with Gasteiger partial charge in [-0.25, -0.2) is 9.59 Å². The van der Waals surface area contributed by atoms with Gasteiger partial charge in [0.15, 0.2) is 5.78 Å². The molecule has 0 saturated heterocycles. The number of ether oxygens (including phenoxy) is 4. The number of carbonyl (C=O) groups excluding carboxylic acids is 9. The molecule has 11 N–H and O–H groups in total. The first-order valence-electron chi connectivity index (χ1n) is 33.2. The SMILES string of the molecule is CCCCNc1ccc(C(=O)NCCCC[C@H](NC(=O)COCCOCCCC(=O)CC[C@H](NC(=O)CC[C@H](CC(=O)COCCOCCNC(=O)CC[C@H](CC(=O)CCCCCCCCCCCCCCCCC(=O)C(=O)O)C(=O)O)C(=O)O)C(=O)O)C(N)=O)cc1. The summed E-state index contributed by atoms with van der Waals surface area (Å²) in [6.07, 6.45) is 16.5. The Kier molecular flexibility index (Phi) is 48.8. The van der Waals surface area contributed by atoms with Crippen molar-refractivity contribution in [2.24, 2.45) is 17.6 Å². The zero-order chi connectivity index (χ0) is 68.9. The summed E-state index contributed by atoms with van der Waals surface area (Å²) in [4.78, 5) is 157. The number of aliphatic carboxylic acids is 4. The summed E-state index contributed by atoms with van der Waals surface area (Å²) in [5, 5.41) is 51.2. The molecule has 526 valence electrons. The number of anilines is 1. The molecule has 0 unspecified atom stereocenters. The molecule has 27 nitrogen and oxygen atoms in total. The number of benzene rings is 1. The average molecular weight is 1320 g/mol. The molecule has 0 aliphatic carbocycles. The molecule has 0 heterocycles. The van der Waals surface area contributed by atoms with Crippen LogP contribution in [0.5, 0.6) is 0 Å². The van der Waals surface area contributed by atoms with E-state index in [2.05, 4.69) is 33.5 Å². The number of carbonyl (C=O) groups is 13. The van der Waals surface area contributed by atoms with Crippen molar-refractivity contribution >= 4 is 82.2 Å². The molecule has 0 fully saturated rings. The minimum atomic E-state index is -1.43. The van der Waals surface area contributed by atoms with Crippen LogP contribution in [0, 0.1) is 11.8 Å². The topological polar surface area (TPSA) is 426 Å². The number of unbranched alkanes of at least 4 members (excludes halogenated alkanes) is 15. The molecule has 0 aromatic heterocycles. The van der Waals surface area contributed by atoms with E-state index in [1.807, 2.05) is 12.1 Å². The first-order valence-corrected chi connectivity index (χ1v) is 33.2. The van der Waals surface area contributed by atoms with Gasteiger partial charge in [0.25, 0.3) is 5.91 Å². The van der Waals surface area contributed by atoms with Gasteiger partial charge in [0.2, 0.25) is 29.4 Å². The lowest BCUT2D eigenvalue weighted by Crippen LogP contribution is -2.45. The predicted octanol–water partition coefficient (Wildman–Crippen LogP) is 6.43. The Hall–Kier alpha value is -7.23. The molecular formula is C66H106N6O21. The Morgan fingerprint density at radius 2 is 0.935 bits per heavy atom. The van der Waals surface area contributed by atoms with Gasteiger partial charge in [0.05, 0.1) is 44.9 Å². The molecule has 93 heavy (non-hydrogen) atoms. The van der Waals surface area contributed by atoms with Crippen LogP contribution in [0.15, 0.2) is 24.3 Å². The number of Topliss-reactive ketones (excluding diaryl/α,β-unsaturated/α-hetero) is 4. The van der Waals surface area contributed by atoms with Crippen LogP contribution < -0.4 is 32.3 Å². The molecule has 1 rings (SSSR count). The average Bonchev–Trinajstić information content (AvgIpc) is 2.19. The Bertz CT molecular complexity index is 2410. The standard InChI is InChI=1S/C66H106N6O21/c1-2-3-35-68-51-29-25-48(26-30-51)62(81)70-36-19-18-23-55(61(67)80)71-60(79)47-93-43-40-90-38-20-22-52(73)31-32-56(65(86)87)72-59(78)34-28-50(64(84)85)45-54(75)46-92-42-41-91-39-37-69-58(77)33-27-49(63(82)83)44-53(74)21-16-14-12-10-8-6-4-5-7-9-11-13-15-17-24-57(76)66(88)89/h25-26,29-30,49-50,55-56,68H,2-24,27-28,31-47H2,1H3,(H2,67,80)(H,69,77)(H,70,81)(H,71,79)(H,72,78)(H,82,83)(H,84,85)(H,86,87)(H,88,89)/t49-,50-,55+,56+/m1/s1. The largest absolute Gasteiger partial charge is 0.481 e. The summed E-state index contributed by atoms with van der Waals surface area (Å²) in [5.74, 6) is -11.9. The minimum absolute atomic E-state index is 0.000217. The fraction of sp³-hybridized carbons (Fsp3) is 0.712. The second-order valence-electron chi connectivity index (χ2n) is 23.3. The van der Waals surface area contributed by atoms with Gasteiger partial charge in [0.1, 0.15) is 36.9 Å². The van der Waals surface area contributed by atoms with Crippen LogP contribution in [-0.4, -0.2) is 182 Å². The summed E-state index contributed by atoms with van der Waals surface area (Å²) >= 11 is 0. The summed E-state index contributed by atoms with van der Waals surface area (Å²) < 4.78 is 21.5. The quantitative estimate of drug-likeness (QED) is 0.0248. The first kappa shape index (κ1) is 83.8. The molecule has 5 amide bonds. The second kappa shape index (κ2) is 54.2. The van der Waals surface area contributed by atoms with E-state index in [0.717, 1.165) is 89.3 Å². The second-order valence-corrected chi connectivity index (χ2v) is 23.3. The highest BCUT2D eigenvalue weighted by atomic mass is 16.5. The number of hydrogen-bond donors (Lipinski definition) is 10. The summed E-state index contributed by atoms with van der Waals surface area (Å²) in [6.45, 7) is 2.98. The number of amides is 5. The van der Waals surface area contributed by atoms with Crippen molar-refractivity contribution in [3.63, 3.8) is 0 Å². The van der Waals surface area contributed by atoms with E-state index in [1.54, 1.807) is 12.1 Å². The molecule has 0 radical (unpaired) electrons. The van der Waals surface area contributed by atoms with Crippen molar-refractivity contribution in [1.29, 1.82) is 0 Å². The van der Waals surface area contributed by atoms with Crippen LogP contribution in [0.25, 0.3) is 0 Å². The van der Waals surface area contributed by atoms with Gasteiger partial charge >= 0.3 is 23.9 Å². The lowest BCUT2D eigenvalue weighted by molar-refractivity contribution is -0.149. The van der Waals surface area contributed by atoms with E-state index in [4.69, 9.17) is 29.8 Å². The molecule has 4 atom stereocenters. The third-order valence-corrected chi connectivity index (χ3v) is 15.2. The lowest BCUT2D eigenvalue weighted by atomic mass is 9.94. The number of primary amides is 1. The van der Waals surface area contributed by atoms with Crippen molar-refractivity contribution in [1.82, 2.24) is 21.3 Å². The summed E-state index contributed by atoms with van der Waals surface area (Å²) in [7, 11) is 0. The van der Waals surface area contributed by atoms with Crippen molar-refractivity contribution < 1.29 is 102 Å². The fourth-order valence-corrected chi connectivity index (χ4v) is 9.70. The maximum Gasteiger partial charge on any atom is 0.372 e. The fourth-order valence-electron chi connectivity index (χ4n) is 9.70. The van der Waals surface area contributed by atoms with Crippen LogP contribution in [0.1, 0.15) is 216 Å². The number of hydrogen-bond acceptors (Lipinski definition) is 18. The number of carboxylic acid groups (broad SMARTS) is 4. The molecule has 1 aromatic rings. The van der Waals surface area contributed by atoms with Crippen molar-refractivity contribution in [3.8, 4) is 0 Å². The van der Waals surface area contributed by atoms with Gasteiger partial charge in [-0.05, 0) is 88.5 Å². The minimum Gasteiger partial charge on any atom is -0.481 e. The third kappa shape index (κ3) is 46.5. The summed E-state index contributed by atoms with van der Waals surface area (Å²) in [5.41, 5.74) is 6.95. The van der Waals surface area contributed by atoms with Crippen LogP contribution in [-0.2, 0) is 76.5 Å². The highest BCUT2D eigenvalue weighted by molar-refractivity contribution is 6.32. The van der Waals surface area contributed by atoms with Crippen molar-refractivity contribution in [2.45, 2.75) is 218 Å². The van der Waals surface area contributed by atoms with Crippen LogP contribution in [0.4, 0.5) is 5.69 Å². The highest BCUT2D eigenvalue weighted by Gasteiger charge is 2.26. The van der Waals surface area contributed by atoms with Gasteiger partial charge in [-0.2, -0.15) is 0 Å². The zero-order valence-electron chi connectivity index (χ0n) is 54.6. The van der Waals surface area contributed by atoms with Crippen LogP contribution >= 0.6 is 0 Å². The zero-order valence-corrected chi connectivity index (χ0v) is 54.6. The van der Waals surface area contributed by atoms with E-state index in [9.17, 15) is 77.6 Å². The van der Waals surface area contributed by atoms with Crippen molar-refractivity contribution in [2.75, 3.05) is 77.8 Å². The number of ketones is 4. The van der Waals surface area contributed by atoms with Crippen LogP contribution in [0.3, 0.4) is 0 Å². The Morgan fingerprint density at radius 1 is 0.419 bits per heavy atom. The smallest absolute Gasteiger partial charge is 0.372 e. The number of rotatable bonds is 64. The molecule has 0 bridgehead atoms. The van der Waals surface area contributed by atoms with E-state index in [0.29, 0.717) is 50.6 Å². The highest BCUT2D eigenvalue weighted by Crippen LogP contribution is 2.19. The number of nitrogens with two attached hydrogens (primary N) is 1. The maximum absolute atomic E-state index is 12.7.